The van der Waals surface area contributed by atoms with Crippen LogP contribution in [0.25, 0.3) is 11.2 Å². The van der Waals surface area contributed by atoms with Crippen LogP contribution in [0.4, 0.5) is 10.8 Å². The summed E-state index contributed by atoms with van der Waals surface area (Å²) in [6, 6.07) is 0. The molecule has 3 aromatic heterocycles. The molecule has 1 saturated carbocycles. The first kappa shape index (κ1) is 21.3. The van der Waals surface area contributed by atoms with Gasteiger partial charge in [0.2, 0.25) is 11.8 Å². The molecule has 10 nitrogen and oxygen atoms in total. The Hall–Kier alpha value is -2.57. The number of nitrogens with one attached hydrogen (secondary N) is 1. The zero-order chi connectivity index (χ0) is 22.4. The van der Waals surface area contributed by atoms with E-state index >= 15 is 0 Å². The number of fused-ring (bicyclic) bond motifs is 1. The number of imidazole rings is 1. The minimum absolute atomic E-state index is 0.0521. The fraction of sp³-hybridized carbons (Fsp3) is 0.450. The van der Waals surface area contributed by atoms with Crippen LogP contribution in [0.2, 0.25) is 0 Å². The predicted molar refractivity (Wildman–Crippen MR) is 126 cm³/mol. The molecule has 4 heterocycles. The lowest BCUT2D eigenvalue weighted by atomic mass is 10.2. The fourth-order valence-corrected chi connectivity index (χ4v) is 5.40. The molecule has 2 aliphatic rings. The van der Waals surface area contributed by atoms with Gasteiger partial charge in [-0.3, -0.25) is 14.5 Å². The summed E-state index contributed by atoms with van der Waals surface area (Å²) in [5.74, 6) is 0.450. The molecule has 2 fully saturated rings. The van der Waals surface area contributed by atoms with E-state index in [1.165, 1.54) is 11.3 Å². The maximum Gasteiger partial charge on any atom is 0.240 e. The highest BCUT2D eigenvalue weighted by Crippen LogP contribution is 2.48. The third-order valence-corrected chi connectivity index (χ3v) is 7.34. The lowest BCUT2D eigenvalue weighted by Crippen LogP contribution is -2.48. The van der Waals surface area contributed by atoms with Crippen LogP contribution in [0.5, 0.6) is 0 Å². The third kappa shape index (κ3) is 3.97. The second kappa shape index (κ2) is 8.41. The minimum atomic E-state index is -0.272. The number of thiazole rings is 1. The lowest BCUT2D eigenvalue weighted by Gasteiger charge is -2.36. The number of aromatic nitrogens is 4. The van der Waals surface area contributed by atoms with E-state index in [0.29, 0.717) is 11.7 Å². The first-order valence-electron chi connectivity index (χ1n) is 10.4. The molecule has 1 aliphatic heterocycles. The Morgan fingerprint density at radius 3 is 2.72 bits per heavy atom. The van der Waals surface area contributed by atoms with Crippen molar-refractivity contribution in [3.63, 3.8) is 0 Å². The summed E-state index contributed by atoms with van der Waals surface area (Å²) in [6.45, 7) is 3.38. The van der Waals surface area contributed by atoms with Gasteiger partial charge in [-0.05, 0) is 22.4 Å². The number of hydrogen-bond donors (Lipinski definition) is 2. The molecule has 3 N–H and O–H groups in total. The van der Waals surface area contributed by atoms with Crippen LogP contribution in [0, 0.1) is 5.92 Å². The molecule has 2 amide bonds. The van der Waals surface area contributed by atoms with E-state index in [1.807, 2.05) is 17.0 Å². The van der Waals surface area contributed by atoms with Crippen molar-refractivity contribution in [2.24, 2.45) is 18.7 Å². The van der Waals surface area contributed by atoms with Gasteiger partial charge in [-0.25, -0.2) is 15.0 Å². The number of nitrogens with zero attached hydrogens (tertiary/aromatic N) is 6. The first-order chi connectivity index (χ1) is 15.4. The second-order valence-electron chi connectivity index (χ2n) is 8.16. The first-order valence-corrected chi connectivity index (χ1v) is 12.1. The number of carbonyl (C=O) groups is 2. The van der Waals surface area contributed by atoms with E-state index in [4.69, 9.17) is 10.7 Å². The standard InChI is InChI=1S/C20H23BrN8O2S/c1-27-18(12-8-11(12)17(22)31)26-15-16(13(21)9-24-19(15)27)29-5-3-28(4-6-29)10-14(30)25-20-23-2-7-32-20/h2,7,9,11-12H,3-6,8,10H2,1H3,(H2,22,31)(H,23,25,30). The molecular formula is C20H23BrN8O2S. The molecule has 0 radical (unpaired) electrons. The smallest absolute Gasteiger partial charge is 0.240 e. The summed E-state index contributed by atoms with van der Waals surface area (Å²) in [5, 5.41) is 5.29. The molecule has 3 aromatic rings. The number of aryl methyl sites for hydroxylation is 1. The topological polar surface area (TPSA) is 122 Å². The lowest BCUT2D eigenvalue weighted by molar-refractivity contribution is -0.119. The van der Waals surface area contributed by atoms with E-state index < -0.39 is 0 Å². The molecule has 0 aromatic carbocycles. The number of carbonyl (C=O) groups excluding carboxylic acids is 2. The Morgan fingerprint density at radius 2 is 2.06 bits per heavy atom. The fourth-order valence-electron chi connectivity index (χ4n) is 4.31. The van der Waals surface area contributed by atoms with Crippen molar-refractivity contribution < 1.29 is 9.59 Å². The molecule has 5 rings (SSSR count). The van der Waals surface area contributed by atoms with Gasteiger partial charge in [0.25, 0.3) is 0 Å². The Bertz CT molecular complexity index is 1170. The molecule has 0 spiro atoms. The average molecular weight is 519 g/mol. The van der Waals surface area contributed by atoms with Crippen LogP contribution < -0.4 is 16.0 Å². The monoisotopic (exact) mass is 518 g/mol. The highest BCUT2D eigenvalue weighted by Gasteiger charge is 2.46. The number of anilines is 2. The average Bonchev–Trinajstić information content (AvgIpc) is 3.27. The van der Waals surface area contributed by atoms with Crippen molar-refractivity contribution >= 4 is 61.1 Å². The van der Waals surface area contributed by atoms with Gasteiger partial charge >= 0.3 is 0 Å². The normalized spacial score (nSPS) is 21.1. The Balaban J connectivity index is 1.30. The van der Waals surface area contributed by atoms with Crippen LogP contribution in [-0.2, 0) is 16.6 Å². The Labute approximate surface area is 196 Å². The molecule has 12 heteroatoms. The number of halogens is 1. The van der Waals surface area contributed by atoms with Crippen molar-refractivity contribution in [2.75, 3.05) is 42.9 Å². The van der Waals surface area contributed by atoms with Gasteiger partial charge in [0.15, 0.2) is 10.8 Å². The summed E-state index contributed by atoms with van der Waals surface area (Å²) in [6.07, 6.45) is 4.22. The molecule has 2 unspecified atom stereocenters. The van der Waals surface area contributed by atoms with Gasteiger partial charge in [-0.2, -0.15) is 0 Å². The van der Waals surface area contributed by atoms with Gasteiger partial charge in [-0.1, -0.05) is 0 Å². The molecular weight excluding hydrogens is 496 g/mol. The van der Waals surface area contributed by atoms with Crippen LogP contribution in [0.3, 0.4) is 0 Å². The van der Waals surface area contributed by atoms with Crippen molar-refractivity contribution in [3.8, 4) is 0 Å². The van der Waals surface area contributed by atoms with Gasteiger partial charge in [0.1, 0.15) is 11.3 Å². The molecule has 2 atom stereocenters. The quantitative estimate of drug-likeness (QED) is 0.507. The molecule has 1 saturated heterocycles. The number of nitrogens with two attached hydrogens (primary N) is 1. The van der Waals surface area contributed by atoms with Crippen LogP contribution in [0.1, 0.15) is 18.2 Å². The number of hydrogen-bond acceptors (Lipinski definition) is 8. The maximum absolute atomic E-state index is 12.3. The maximum atomic E-state index is 12.3. The largest absolute Gasteiger partial charge is 0.369 e. The van der Waals surface area contributed by atoms with Crippen LogP contribution >= 0.6 is 27.3 Å². The summed E-state index contributed by atoms with van der Waals surface area (Å²) < 4.78 is 2.85. The zero-order valence-corrected chi connectivity index (χ0v) is 19.9. The van der Waals surface area contributed by atoms with Gasteiger partial charge in [0.05, 0.1) is 16.7 Å². The van der Waals surface area contributed by atoms with Crippen LogP contribution in [0.15, 0.2) is 22.2 Å². The highest BCUT2D eigenvalue weighted by molar-refractivity contribution is 9.10. The number of rotatable bonds is 6. The number of pyridine rings is 1. The molecule has 0 bridgehead atoms. The summed E-state index contributed by atoms with van der Waals surface area (Å²) in [5.41, 5.74) is 8.09. The Kier molecular flexibility index (Phi) is 5.59. The van der Waals surface area contributed by atoms with Gasteiger partial charge in [0, 0.05) is 62.8 Å². The van der Waals surface area contributed by atoms with E-state index in [1.54, 1.807) is 12.4 Å². The number of amides is 2. The van der Waals surface area contributed by atoms with Crippen molar-refractivity contribution in [1.82, 2.24) is 24.4 Å². The van der Waals surface area contributed by atoms with E-state index in [0.717, 1.165) is 59.7 Å². The van der Waals surface area contributed by atoms with Crippen LogP contribution in [-0.4, -0.2) is 69.0 Å². The summed E-state index contributed by atoms with van der Waals surface area (Å²) in [4.78, 5) is 41.8. The molecule has 32 heavy (non-hydrogen) atoms. The van der Waals surface area contributed by atoms with Crippen molar-refractivity contribution in [3.05, 3.63) is 28.1 Å². The molecule has 1 aliphatic carbocycles. The number of piperazine rings is 1. The SMILES string of the molecule is Cn1c(C2CC2C(N)=O)nc2c(N3CCN(CC(=O)Nc4nccs4)CC3)c(Br)cnc21. The van der Waals surface area contributed by atoms with Crippen molar-refractivity contribution in [1.29, 1.82) is 0 Å². The third-order valence-electron chi connectivity index (χ3n) is 6.07. The zero-order valence-electron chi connectivity index (χ0n) is 17.5. The van der Waals surface area contributed by atoms with Crippen molar-refractivity contribution in [2.45, 2.75) is 12.3 Å². The molecule has 168 valence electrons. The second-order valence-corrected chi connectivity index (χ2v) is 9.90. The van der Waals surface area contributed by atoms with E-state index in [-0.39, 0.29) is 23.7 Å². The van der Waals surface area contributed by atoms with Gasteiger partial charge in [-0.15, -0.1) is 11.3 Å². The van der Waals surface area contributed by atoms with Gasteiger partial charge < -0.3 is 20.5 Å². The minimum Gasteiger partial charge on any atom is -0.369 e. The van der Waals surface area contributed by atoms with E-state index in [9.17, 15) is 9.59 Å². The number of primary amides is 1. The Morgan fingerprint density at radius 1 is 1.28 bits per heavy atom. The highest BCUT2D eigenvalue weighted by atomic mass is 79.9. The summed E-state index contributed by atoms with van der Waals surface area (Å²) >= 11 is 5.06. The summed E-state index contributed by atoms with van der Waals surface area (Å²) in [7, 11) is 1.94. The van der Waals surface area contributed by atoms with E-state index in [2.05, 4.69) is 41.0 Å². The predicted octanol–water partition coefficient (Wildman–Crippen LogP) is 1.54.